The van der Waals surface area contributed by atoms with E-state index < -0.39 is 0 Å². The Morgan fingerprint density at radius 1 is 0.789 bits per heavy atom. The smallest absolute Gasteiger partial charge is 0.334 e. The summed E-state index contributed by atoms with van der Waals surface area (Å²) in [5, 5.41) is 0. The largest absolute Gasteiger partial charge is 0.458 e. The van der Waals surface area contributed by atoms with Crippen molar-refractivity contribution in [1.82, 2.24) is 0 Å². The Bertz CT molecular complexity index is 308. The Labute approximate surface area is 117 Å². The van der Waals surface area contributed by atoms with Crippen LogP contribution in [0.2, 0.25) is 0 Å². The van der Waals surface area contributed by atoms with Crippen LogP contribution in [0.1, 0.15) is 77.0 Å². The molecule has 2 atom stereocenters. The lowest BCUT2D eigenvalue weighted by Crippen LogP contribution is -2.16. The van der Waals surface area contributed by atoms with E-state index in [9.17, 15) is 4.79 Å². The summed E-state index contributed by atoms with van der Waals surface area (Å²) in [6.07, 6.45) is 15.5. The van der Waals surface area contributed by atoms with Crippen molar-refractivity contribution in [2.75, 3.05) is 0 Å². The van der Waals surface area contributed by atoms with Crippen molar-refractivity contribution in [3.63, 3.8) is 0 Å². The van der Waals surface area contributed by atoms with Gasteiger partial charge in [0.15, 0.2) is 0 Å². The molecule has 108 valence electrons. The molecule has 2 aliphatic rings. The molecule has 2 unspecified atom stereocenters. The van der Waals surface area contributed by atoms with Gasteiger partial charge in [-0.15, -0.1) is 0 Å². The molecule has 0 N–H and O–H groups in total. The van der Waals surface area contributed by atoms with Crippen LogP contribution >= 0.6 is 0 Å². The summed E-state index contributed by atoms with van der Waals surface area (Å²) in [5.74, 6) is 0.162. The summed E-state index contributed by atoms with van der Waals surface area (Å²) in [5.41, 5.74) is 0.733. The van der Waals surface area contributed by atoms with Gasteiger partial charge in [-0.1, -0.05) is 64.4 Å². The summed E-state index contributed by atoms with van der Waals surface area (Å²) in [7, 11) is 0. The number of rotatable bonds is 0. The van der Waals surface area contributed by atoms with Gasteiger partial charge in [-0.25, -0.2) is 4.79 Å². The van der Waals surface area contributed by atoms with Crippen molar-refractivity contribution in [3.8, 4) is 0 Å². The second-order valence-electron chi connectivity index (χ2n) is 6.19. The van der Waals surface area contributed by atoms with Gasteiger partial charge in [0, 0.05) is 11.5 Å². The topological polar surface area (TPSA) is 26.3 Å². The van der Waals surface area contributed by atoms with E-state index in [1.54, 1.807) is 0 Å². The van der Waals surface area contributed by atoms with Crippen LogP contribution in [0.5, 0.6) is 0 Å². The van der Waals surface area contributed by atoms with Crippen LogP contribution in [0.4, 0.5) is 0 Å². The van der Waals surface area contributed by atoms with Crippen molar-refractivity contribution in [1.29, 1.82) is 0 Å². The fourth-order valence-electron chi connectivity index (χ4n) is 3.42. The summed E-state index contributed by atoms with van der Waals surface area (Å²) >= 11 is 0. The molecule has 1 aliphatic carbocycles. The second kappa shape index (κ2) is 7.72. The number of hydrogen-bond acceptors (Lipinski definition) is 2. The zero-order chi connectivity index (χ0) is 13.5. The monoisotopic (exact) mass is 264 g/mol. The lowest BCUT2D eigenvalue weighted by Gasteiger charge is -2.18. The van der Waals surface area contributed by atoms with E-state index in [1.165, 1.54) is 64.2 Å². The van der Waals surface area contributed by atoms with Crippen molar-refractivity contribution in [3.05, 3.63) is 12.2 Å². The third-order valence-electron chi connectivity index (χ3n) is 4.67. The maximum Gasteiger partial charge on any atom is 0.334 e. The van der Waals surface area contributed by atoms with E-state index in [2.05, 4.69) is 6.58 Å². The van der Waals surface area contributed by atoms with Gasteiger partial charge in [0.25, 0.3) is 0 Å². The molecule has 0 radical (unpaired) electrons. The summed E-state index contributed by atoms with van der Waals surface area (Å²) < 4.78 is 5.50. The second-order valence-corrected chi connectivity index (χ2v) is 6.19. The summed E-state index contributed by atoms with van der Waals surface area (Å²) in [6.45, 7) is 3.95. The maximum absolute atomic E-state index is 11.7. The highest BCUT2D eigenvalue weighted by molar-refractivity contribution is 5.90. The molecule has 0 amide bonds. The first-order chi connectivity index (χ1) is 9.29. The molecule has 0 aromatic heterocycles. The third kappa shape index (κ3) is 4.36. The molecule has 2 heteroatoms. The minimum atomic E-state index is -0.140. The minimum Gasteiger partial charge on any atom is -0.458 e. The van der Waals surface area contributed by atoms with Crippen LogP contribution in [0.15, 0.2) is 12.2 Å². The molecule has 1 saturated carbocycles. The van der Waals surface area contributed by atoms with Crippen LogP contribution < -0.4 is 0 Å². The fraction of sp³-hybridized carbons (Fsp3) is 0.824. The van der Waals surface area contributed by atoms with E-state index in [0.717, 1.165) is 18.4 Å². The molecule has 19 heavy (non-hydrogen) atoms. The Morgan fingerprint density at radius 2 is 1.26 bits per heavy atom. The minimum absolute atomic E-state index is 0.128. The van der Waals surface area contributed by atoms with Crippen LogP contribution in [0, 0.1) is 5.92 Å². The molecule has 2 nitrogen and oxygen atoms in total. The van der Waals surface area contributed by atoms with Crippen LogP contribution in [0.3, 0.4) is 0 Å². The first-order valence-corrected chi connectivity index (χ1v) is 8.19. The van der Waals surface area contributed by atoms with E-state index >= 15 is 0 Å². The highest BCUT2D eigenvalue weighted by Gasteiger charge is 2.37. The summed E-state index contributed by atoms with van der Waals surface area (Å²) in [4.78, 5) is 11.7. The Kier molecular flexibility index (Phi) is 5.93. The Balaban J connectivity index is 1.87. The number of hydrogen-bond donors (Lipinski definition) is 0. The van der Waals surface area contributed by atoms with Gasteiger partial charge in [-0.3, -0.25) is 0 Å². The highest BCUT2D eigenvalue weighted by atomic mass is 16.6. The van der Waals surface area contributed by atoms with Gasteiger partial charge in [0.05, 0.1) is 0 Å². The number of carbonyl (C=O) groups excluding carboxylic acids is 1. The first-order valence-electron chi connectivity index (χ1n) is 8.19. The van der Waals surface area contributed by atoms with Gasteiger partial charge in [0.1, 0.15) is 6.10 Å². The quantitative estimate of drug-likeness (QED) is 0.465. The average molecular weight is 264 g/mol. The van der Waals surface area contributed by atoms with Gasteiger partial charge in [-0.05, 0) is 19.3 Å². The first kappa shape index (κ1) is 14.6. The van der Waals surface area contributed by atoms with Gasteiger partial charge in [-0.2, -0.15) is 0 Å². The Hall–Kier alpha value is -0.790. The van der Waals surface area contributed by atoms with E-state index in [0.29, 0.717) is 5.92 Å². The number of esters is 1. The van der Waals surface area contributed by atoms with E-state index in [4.69, 9.17) is 4.74 Å². The zero-order valence-electron chi connectivity index (χ0n) is 12.2. The van der Waals surface area contributed by atoms with Crippen molar-refractivity contribution in [2.24, 2.45) is 5.92 Å². The molecular formula is C17H28O2. The summed E-state index contributed by atoms with van der Waals surface area (Å²) in [6, 6.07) is 0. The van der Waals surface area contributed by atoms with Crippen LogP contribution in [-0.2, 0) is 9.53 Å². The van der Waals surface area contributed by atoms with Gasteiger partial charge >= 0.3 is 5.97 Å². The average Bonchev–Trinajstić information content (AvgIpc) is 2.67. The van der Waals surface area contributed by atoms with Gasteiger partial charge in [0.2, 0.25) is 0 Å². The molecule has 0 spiro atoms. The van der Waals surface area contributed by atoms with Crippen molar-refractivity contribution in [2.45, 2.75) is 83.2 Å². The molecule has 0 aromatic carbocycles. The number of ether oxygens (including phenoxy) is 1. The molecular weight excluding hydrogens is 236 g/mol. The van der Waals surface area contributed by atoms with E-state index in [1.807, 2.05) is 0 Å². The standard InChI is InChI=1S/C17H28O2/c1-14-15-12-10-8-6-4-2-3-5-7-9-11-13-16(15)19-17(14)18/h15-16H,1-13H2. The van der Waals surface area contributed by atoms with Crippen molar-refractivity contribution < 1.29 is 9.53 Å². The molecule has 0 bridgehead atoms. The van der Waals surface area contributed by atoms with Crippen LogP contribution in [-0.4, -0.2) is 12.1 Å². The SMILES string of the molecule is C=C1C(=O)OC2CCCCCCCCCCCCC12. The molecule has 2 rings (SSSR count). The van der Waals surface area contributed by atoms with Crippen molar-refractivity contribution >= 4 is 5.97 Å². The number of carbonyl (C=O) groups is 1. The highest BCUT2D eigenvalue weighted by Crippen LogP contribution is 2.34. The Morgan fingerprint density at radius 3 is 1.84 bits per heavy atom. The zero-order valence-corrected chi connectivity index (χ0v) is 12.2. The lowest BCUT2D eigenvalue weighted by molar-refractivity contribution is -0.139. The molecule has 1 aliphatic heterocycles. The van der Waals surface area contributed by atoms with E-state index in [-0.39, 0.29) is 12.1 Å². The molecule has 0 aromatic rings. The maximum atomic E-state index is 11.7. The van der Waals surface area contributed by atoms with Gasteiger partial charge < -0.3 is 4.74 Å². The third-order valence-corrected chi connectivity index (χ3v) is 4.67. The fourth-order valence-corrected chi connectivity index (χ4v) is 3.42. The normalized spacial score (nSPS) is 31.4. The lowest BCUT2D eigenvalue weighted by atomic mass is 9.88. The molecule has 1 saturated heterocycles. The number of fused-ring (bicyclic) bond motifs is 1. The van der Waals surface area contributed by atoms with Crippen LogP contribution in [0.25, 0.3) is 0 Å². The molecule has 2 fully saturated rings. The predicted molar refractivity (Wildman–Crippen MR) is 77.9 cm³/mol. The molecule has 1 heterocycles. The predicted octanol–water partition coefficient (Wildman–Crippen LogP) is 4.78.